The van der Waals surface area contributed by atoms with E-state index < -0.39 is 5.97 Å². The van der Waals surface area contributed by atoms with Gasteiger partial charge in [-0.1, -0.05) is 0 Å². The first-order valence-corrected chi connectivity index (χ1v) is 3.96. The second kappa shape index (κ2) is 6.42. The molecular weight excluding hydrogens is 192 g/mol. The summed E-state index contributed by atoms with van der Waals surface area (Å²) in [7, 11) is 2.73. The maximum atomic E-state index is 10.8. The largest absolute Gasteiger partial charge is 0.497 e. The number of thiocarbonyl (C=S) groups is 1. The van der Waals surface area contributed by atoms with Crippen LogP contribution in [0.2, 0.25) is 0 Å². The van der Waals surface area contributed by atoms with Crippen LogP contribution < -0.4 is 0 Å². The van der Waals surface area contributed by atoms with Gasteiger partial charge in [-0.3, -0.25) is 0 Å². The molecule has 13 heavy (non-hydrogen) atoms. The molecule has 0 aromatic heterocycles. The van der Waals surface area contributed by atoms with Crippen molar-refractivity contribution in [2.75, 3.05) is 20.8 Å². The van der Waals surface area contributed by atoms with Crippen molar-refractivity contribution in [2.24, 2.45) is 0 Å². The first-order chi connectivity index (χ1) is 6.10. The zero-order valence-corrected chi connectivity index (χ0v) is 8.64. The maximum Gasteiger partial charge on any atom is 0.334 e. The number of esters is 1. The van der Waals surface area contributed by atoms with E-state index in [4.69, 9.17) is 9.47 Å². The molecule has 0 aliphatic rings. The quantitative estimate of drug-likeness (QED) is 0.296. The fourth-order valence-corrected chi connectivity index (χ4v) is 0.582. The predicted molar refractivity (Wildman–Crippen MR) is 51.3 cm³/mol. The van der Waals surface area contributed by atoms with Gasteiger partial charge in [0.05, 0.1) is 20.3 Å². The summed E-state index contributed by atoms with van der Waals surface area (Å²) in [5.41, 5.74) is 0. The summed E-state index contributed by atoms with van der Waals surface area (Å²) in [5, 5.41) is 0.396. The van der Waals surface area contributed by atoms with Gasteiger partial charge in [0.15, 0.2) is 5.05 Å². The summed E-state index contributed by atoms with van der Waals surface area (Å²) >= 11 is 4.68. The molecule has 0 fully saturated rings. The monoisotopic (exact) mass is 204 g/mol. The molecule has 0 atom stereocenters. The molecule has 0 saturated carbocycles. The number of hydrogen-bond acceptors (Lipinski definition) is 5. The lowest BCUT2D eigenvalue weighted by atomic mass is 10.4. The molecule has 0 aromatic carbocycles. The van der Waals surface area contributed by atoms with Gasteiger partial charge in [0.25, 0.3) is 0 Å². The van der Waals surface area contributed by atoms with E-state index in [-0.39, 0.29) is 6.61 Å². The van der Waals surface area contributed by atoms with Gasteiger partial charge in [-0.15, -0.1) is 0 Å². The SMILES string of the molecule is COC(=O)C=C(COC(C)=S)OC. The molecule has 5 heteroatoms. The smallest absolute Gasteiger partial charge is 0.334 e. The molecule has 0 amide bonds. The standard InChI is InChI=1S/C8H12O4S/c1-6(13)12-5-7(10-2)4-8(9)11-3/h4H,5H2,1-3H3. The summed E-state index contributed by atoms with van der Waals surface area (Å²) < 4.78 is 14.2. The van der Waals surface area contributed by atoms with Gasteiger partial charge in [0.1, 0.15) is 12.4 Å². The van der Waals surface area contributed by atoms with Gasteiger partial charge >= 0.3 is 5.97 Å². The van der Waals surface area contributed by atoms with Crippen LogP contribution in [0.25, 0.3) is 0 Å². The zero-order chi connectivity index (χ0) is 10.3. The second-order valence-corrected chi connectivity index (χ2v) is 2.69. The molecule has 0 bridgehead atoms. The van der Waals surface area contributed by atoms with E-state index in [2.05, 4.69) is 17.0 Å². The molecule has 0 rings (SSSR count). The lowest BCUT2D eigenvalue weighted by Crippen LogP contribution is -2.06. The Balaban J connectivity index is 4.09. The van der Waals surface area contributed by atoms with E-state index in [0.717, 1.165) is 0 Å². The third-order valence-corrected chi connectivity index (χ3v) is 1.28. The van der Waals surface area contributed by atoms with Gasteiger partial charge in [-0.2, -0.15) is 0 Å². The van der Waals surface area contributed by atoms with Gasteiger partial charge in [0.2, 0.25) is 0 Å². The normalized spacial score (nSPS) is 10.5. The molecule has 4 nitrogen and oxygen atoms in total. The molecular formula is C8H12O4S. The lowest BCUT2D eigenvalue weighted by Gasteiger charge is -2.06. The average Bonchev–Trinajstić information content (AvgIpc) is 2.11. The molecule has 0 aliphatic carbocycles. The molecule has 0 aromatic rings. The molecule has 0 radical (unpaired) electrons. The fraction of sp³-hybridized carbons (Fsp3) is 0.500. The van der Waals surface area contributed by atoms with E-state index in [1.165, 1.54) is 20.3 Å². The molecule has 0 heterocycles. The Hall–Kier alpha value is -1.10. The second-order valence-electron chi connectivity index (χ2n) is 2.12. The first kappa shape index (κ1) is 11.9. The fourth-order valence-electron chi connectivity index (χ4n) is 0.523. The number of carbonyl (C=O) groups excluding carboxylic acids is 1. The Morgan fingerprint density at radius 1 is 1.38 bits per heavy atom. The van der Waals surface area contributed by atoms with Crippen LogP contribution in [-0.4, -0.2) is 31.8 Å². The Kier molecular flexibility index (Phi) is 5.88. The minimum Gasteiger partial charge on any atom is -0.497 e. The highest BCUT2D eigenvalue weighted by Crippen LogP contribution is 1.98. The van der Waals surface area contributed by atoms with Crippen LogP contribution in [0.3, 0.4) is 0 Å². The summed E-state index contributed by atoms with van der Waals surface area (Å²) in [6.45, 7) is 1.78. The molecule has 74 valence electrons. The Morgan fingerprint density at radius 3 is 2.38 bits per heavy atom. The lowest BCUT2D eigenvalue weighted by molar-refractivity contribution is -0.135. The van der Waals surface area contributed by atoms with E-state index >= 15 is 0 Å². The Bertz CT molecular complexity index is 222. The highest BCUT2D eigenvalue weighted by Gasteiger charge is 2.02. The van der Waals surface area contributed by atoms with Crippen LogP contribution in [0.15, 0.2) is 11.8 Å². The van der Waals surface area contributed by atoms with Crippen molar-refractivity contribution in [3.63, 3.8) is 0 Å². The summed E-state index contributed by atoms with van der Waals surface area (Å²) in [6, 6.07) is 0. The Labute approximate surface area is 82.5 Å². The first-order valence-electron chi connectivity index (χ1n) is 3.56. The van der Waals surface area contributed by atoms with Crippen molar-refractivity contribution in [3.05, 3.63) is 11.8 Å². The third-order valence-electron chi connectivity index (χ3n) is 1.16. The van der Waals surface area contributed by atoms with Crippen molar-refractivity contribution < 1.29 is 19.0 Å². The summed E-state index contributed by atoms with van der Waals surface area (Å²) in [5.74, 6) is -0.112. The van der Waals surface area contributed by atoms with Crippen LogP contribution in [0, 0.1) is 0 Å². The molecule has 0 N–H and O–H groups in total. The van der Waals surface area contributed by atoms with Gasteiger partial charge in [0, 0.05) is 6.92 Å². The summed E-state index contributed by atoms with van der Waals surface area (Å²) in [4.78, 5) is 10.8. The van der Waals surface area contributed by atoms with Gasteiger partial charge < -0.3 is 14.2 Å². The van der Waals surface area contributed by atoms with Crippen molar-refractivity contribution in [1.82, 2.24) is 0 Å². The highest BCUT2D eigenvalue weighted by atomic mass is 32.1. The third kappa shape index (κ3) is 6.10. The van der Waals surface area contributed by atoms with E-state index in [0.29, 0.717) is 10.8 Å². The van der Waals surface area contributed by atoms with Crippen molar-refractivity contribution in [3.8, 4) is 0 Å². The van der Waals surface area contributed by atoms with E-state index in [9.17, 15) is 4.79 Å². The van der Waals surface area contributed by atoms with Crippen LogP contribution in [0.5, 0.6) is 0 Å². The zero-order valence-electron chi connectivity index (χ0n) is 7.83. The number of ether oxygens (including phenoxy) is 3. The molecule has 0 spiro atoms. The topological polar surface area (TPSA) is 44.8 Å². The van der Waals surface area contributed by atoms with Crippen molar-refractivity contribution >= 4 is 23.2 Å². The van der Waals surface area contributed by atoms with Crippen molar-refractivity contribution in [1.29, 1.82) is 0 Å². The van der Waals surface area contributed by atoms with Gasteiger partial charge in [-0.25, -0.2) is 4.79 Å². The van der Waals surface area contributed by atoms with E-state index in [1.807, 2.05) is 0 Å². The molecule has 0 saturated heterocycles. The Morgan fingerprint density at radius 2 is 2.00 bits per heavy atom. The van der Waals surface area contributed by atoms with Crippen LogP contribution in [0.4, 0.5) is 0 Å². The van der Waals surface area contributed by atoms with Gasteiger partial charge in [-0.05, 0) is 12.2 Å². The number of methoxy groups -OCH3 is 2. The minimum absolute atomic E-state index is 0.140. The van der Waals surface area contributed by atoms with Crippen LogP contribution in [-0.2, 0) is 19.0 Å². The van der Waals surface area contributed by atoms with Crippen LogP contribution in [0.1, 0.15) is 6.92 Å². The number of rotatable bonds is 4. The predicted octanol–water partition coefficient (Wildman–Crippen LogP) is 1.05. The number of carbonyl (C=O) groups is 1. The number of hydrogen-bond donors (Lipinski definition) is 0. The molecule has 0 unspecified atom stereocenters. The minimum atomic E-state index is -0.484. The average molecular weight is 204 g/mol. The van der Waals surface area contributed by atoms with Crippen molar-refractivity contribution in [2.45, 2.75) is 6.92 Å². The molecule has 0 aliphatic heterocycles. The van der Waals surface area contributed by atoms with Crippen LogP contribution >= 0.6 is 12.2 Å². The van der Waals surface area contributed by atoms with E-state index in [1.54, 1.807) is 6.92 Å². The summed E-state index contributed by atoms with van der Waals surface area (Å²) in [6.07, 6.45) is 1.21. The highest BCUT2D eigenvalue weighted by molar-refractivity contribution is 7.80. The maximum absolute atomic E-state index is 10.8.